The molecule has 17 heavy (non-hydrogen) atoms. The highest BCUT2D eigenvalue weighted by Crippen LogP contribution is 2.33. The van der Waals surface area contributed by atoms with Crippen LogP contribution in [0.25, 0.3) is 11.3 Å². The van der Waals surface area contributed by atoms with Crippen LogP contribution >= 0.6 is 23.2 Å². The van der Waals surface area contributed by atoms with Crippen molar-refractivity contribution in [2.45, 2.75) is 0 Å². The lowest BCUT2D eigenvalue weighted by Crippen LogP contribution is -1.98. The summed E-state index contributed by atoms with van der Waals surface area (Å²) in [6, 6.07) is 6.50. The Hall–Kier alpha value is -1.52. The number of nitrogens with zero attached hydrogens (tertiary/aromatic N) is 1. The fraction of sp³-hybridized carbons (Fsp3) is 0.0909. The normalized spacial score (nSPS) is 10.3. The van der Waals surface area contributed by atoms with Gasteiger partial charge < -0.3 is 9.26 Å². The number of rotatable bonds is 2. The molecule has 88 valence electrons. The van der Waals surface area contributed by atoms with Crippen LogP contribution in [0.5, 0.6) is 0 Å². The van der Waals surface area contributed by atoms with Crippen LogP contribution in [0.4, 0.5) is 0 Å². The first kappa shape index (κ1) is 12.0. The third-order valence-electron chi connectivity index (χ3n) is 2.12. The second kappa shape index (κ2) is 4.77. The van der Waals surface area contributed by atoms with Crippen LogP contribution in [0.1, 0.15) is 10.6 Å². The molecule has 0 aliphatic carbocycles. The Balaban J connectivity index is 2.47. The van der Waals surface area contributed by atoms with Crippen molar-refractivity contribution in [3.8, 4) is 11.3 Å². The molecule has 0 N–H and O–H groups in total. The first-order valence-electron chi connectivity index (χ1n) is 4.63. The zero-order valence-electron chi connectivity index (χ0n) is 8.74. The molecule has 6 heteroatoms. The maximum Gasteiger partial charge on any atom is 0.376 e. The summed E-state index contributed by atoms with van der Waals surface area (Å²) >= 11 is 12.0. The lowest BCUT2D eigenvalue weighted by molar-refractivity contribution is 0.0554. The van der Waals surface area contributed by atoms with Crippen molar-refractivity contribution in [1.82, 2.24) is 5.16 Å². The molecular weight excluding hydrogens is 265 g/mol. The lowest BCUT2D eigenvalue weighted by atomic mass is 10.1. The summed E-state index contributed by atoms with van der Waals surface area (Å²) in [5, 5.41) is 4.60. The highest BCUT2D eigenvalue weighted by Gasteiger charge is 2.17. The van der Waals surface area contributed by atoms with E-state index in [1.54, 1.807) is 18.2 Å². The van der Waals surface area contributed by atoms with Crippen LogP contribution in [0.3, 0.4) is 0 Å². The van der Waals surface area contributed by atoms with E-state index in [1.165, 1.54) is 13.2 Å². The molecule has 0 aliphatic rings. The van der Waals surface area contributed by atoms with Crippen molar-refractivity contribution < 1.29 is 14.1 Å². The second-order valence-corrected chi connectivity index (χ2v) is 3.98. The SMILES string of the molecule is COC(=O)c1cc(-c2c(Cl)cccc2Cl)no1. The molecule has 0 aliphatic heterocycles. The van der Waals surface area contributed by atoms with E-state index >= 15 is 0 Å². The number of benzene rings is 1. The van der Waals surface area contributed by atoms with Gasteiger partial charge in [0, 0.05) is 11.6 Å². The number of carbonyl (C=O) groups excluding carboxylic acids is 1. The molecule has 0 saturated heterocycles. The van der Waals surface area contributed by atoms with Crippen molar-refractivity contribution in [3.05, 3.63) is 40.1 Å². The van der Waals surface area contributed by atoms with Gasteiger partial charge in [0.15, 0.2) is 0 Å². The smallest absolute Gasteiger partial charge is 0.376 e. The summed E-state index contributed by atoms with van der Waals surface area (Å²) < 4.78 is 9.35. The van der Waals surface area contributed by atoms with E-state index in [4.69, 9.17) is 27.7 Å². The number of halogens is 2. The van der Waals surface area contributed by atoms with Gasteiger partial charge in [-0.3, -0.25) is 0 Å². The van der Waals surface area contributed by atoms with Crippen LogP contribution < -0.4 is 0 Å². The summed E-state index contributed by atoms with van der Waals surface area (Å²) in [4.78, 5) is 11.2. The average Bonchev–Trinajstić information content (AvgIpc) is 2.77. The molecule has 0 spiro atoms. The van der Waals surface area contributed by atoms with E-state index in [0.717, 1.165) is 0 Å². The number of aromatic nitrogens is 1. The van der Waals surface area contributed by atoms with Crippen LogP contribution in [0, 0.1) is 0 Å². The van der Waals surface area contributed by atoms with Gasteiger partial charge in [-0.2, -0.15) is 0 Å². The predicted molar refractivity (Wildman–Crippen MR) is 63.3 cm³/mol. The highest BCUT2D eigenvalue weighted by molar-refractivity contribution is 6.39. The first-order chi connectivity index (χ1) is 8.13. The number of esters is 1. The Morgan fingerprint density at radius 3 is 2.59 bits per heavy atom. The van der Waals surface area contributed by atoms with Gasteiger partial charge >= 0.3 is 5.97 Å². The number of ether oxygens (including phenoxy) is 1. The quantitative estimate of drug-likeness (QED) is 0.786. The first-order valence-corrected chi connectivity index (χ1v) is 5.38. The summed E-state index contributed by atoms with van der Waals surface area (Å²) in [7, 11) is 1.26. The summed E-state index contributed by atoms with van der Waals surface area (Å²) in [6.45, 7) is 0. The third kappa shape index (κ3) is 2.28. The molecule has 0 saturated carbocycles. The van der Waals surface area contributed by atoms with Crippen LogP contribution in [0.15, 0.2) is 28.8 Å². The van der Waals surface area contributed by atoms with E-state index in [9.17, 15) is 4.79 Å². The second-order valence-electron chi connectivity index (χ2n) is 3.16. The molecule has 0 atom stereocenters. The Morgan fingerprint density at radius 1 is 1.35 bits per heavy atom. The Bertz CT molecular complexity index is 545. The molecule has 2 rings (SSSR count). The van der Waals surface area contributed by atoms with Crippen LogP contribution in [-0.4, -0.2) is 18.2 Å². The van der Waals surface area contributed by atoms with E-state index in [-0.39, 0.29) is 5.76 Å². The number of methoxy groups -OCH3 is 1. The lowest BCUT2D eigenvalue weighted by Gasteiger charge is -2.01. The van der Waals surface area contributed by atoms with E-state index in [1.807, 2.05) is 0 Å². The van der Waals surface area contributed by atoms with Crippen molar-refractivity contribution in [2.75, 3.05) is 7.11 Å². The molecule has 1 aromatic heterocycles. The van der Waals surface area contributed by atoms with Crippen molar-refractivity contribution in [2.24, 2.45) is 0 Å². The predicted octanol–water partition coefficient (Wildman–Crippen LogP) is 3.44. The minimum absolute atomic E-state index is 0.00140. The molecule has 0 fully saturated rings. The van der Waals surface area contributed by atoms with Crippen LogP contribution in [-0.2, 0) is 4.74 Å². The van der Waals surface area contributed by atoms with E-state index in [0.29, 0.717) is 21.3 Å². The largest absolute Gasteiger partial charge is 0.463 e. The zero-order chi connectivity index (χ0) is 12.4. The van der Waals surface area contributed by atoms with E-state index in [2.05, 4.69) is 9.89 Å². The monoisotopic (exact) mass is 271 g/mol. The summed E-state index contributed by atoms with van der Waals surface area (Å²) in [5.74, 6) is -0.606. The Kier molecular flexibility index (Phi) is 3.36. The minimum Gasteiger partial charge on any atom is -0.463 e. The van der Waals surface area contributed by atoms with E-state index < -0.39 is 5.97 Å². The molecule has 0 radical (unpaired) electrons. The molecule has 4 nitrogen and oxygen atoms in total. The van der Waals surface area contributed by atoms with Gasteiger partial charge in [0.2, 0.25) is 5.76 Å². The van der Waals surface area contributed by atoms with Crippen molar-refractivity contribution in [3.63, 3.8) is 0 Å². The number of hydrogen-bond donors (Lipinski definition) is 0. The third-order valence-corrected chi connectivity index (χ3v) is 2.75. The van der Waals surface area contributed by atoms with Crippen molar-refractivity contribution in [1.29, 1.82) is 0 Å². The van der Waals surface area contributed by atoms with Crippen LogP contribution in [0.2, 0.25) is 10.0 Å². The van der Waals surface area contributed by atoms with Gasteiger partial charge in [0.05, 0.1) is 17.2 Å². The molecule has 0 bridgehead atoms. The summed E-state index contributed by atoms with van der Waals surface area (Å²) in [5.41, 5.74) is 0.913. The number of carbonyl (C=O) groups is 1. The van der Waals surface area contributed by atoms with Crippen molar-refractivity contribution >= 4 is 29.2 Å². The van der Waals surface area contributed by atoms with Gasteiger partial charge in [-0.25, -0.2) is 4.79 Å². The molecule has 1 heterocycles. The average molecular weight is 272 g/mol. The van der Waals surface area contributed by atoms with Gasteiger partial charge in [-0.1, -0.05) is 34.4 Å². The van der Waals surface area contributed by atoms with Gasteiger partial charge in [0.1, 0.15) is 5.69 Å². The maximum absolute atomic E-state index is 11.2. The molecule has 2 aromatic rings. The Morgan fingerprint density at radius 2 is 2.00 bits per heavy atom. The van der Waals surface area contributed by atoms with Gasteiger partial charge in [-0.05, 0) is 12.1 Å². The molecule has 1 aromatic carbocycles. The van der Waals surface area contributed by atoms with Gasteiger partial charge in [0.25, 0.3) is 0 Å². The fourth-order valence-electron chi connectivity index (χ4n) is 1.33. The number of hydrogen-bond acceptors (Lipinski definition) is 4. The maximum atomic E-state index is 11.2. The molecular formula is C11H7Cl2NO3. The highest BCUT2D eigenvalue weighted by atomic mass is 35.5. The zero-order valence-corrected chi connectivity index (χ0v) is 10.2. The molecule has 0 amide bonds. The minimum atomic E-state index is -0.605. The summed E-state index contributed by atoms with van der Waals surface area (Å²) in [6.07, 6.45) is 0. The topological polar surface area (TPSA) is 52.3 Å². The Labute approximate surface area is 107 Å². The fourth-order valence-corrected chi connectivity index (χ4v) is 1.92. The molecule has 0 unspecified atom stereocenters. The standard InChI is InChI=1S/C11H7Cl2NO3/c1-16-11(15)9-5-8(14-17-9)10-6(12)3-2-4-7(10)13/h2-5H,1H3. The van der Waals surface area contributed by atoms with Gasteiger partial charge in [-0.15, -0.1) is 0 Å².